The van der Waals surface area contributed by atoms with Gasteiger partial charge < -0.3 is 10.7 Å². The highest BCUT2D eigenvalue weighted by Crippen LogP contribution is 2.36. The van der Waals surface area contributed by atoms with Crippen LogP contribution in [0.15, 0.2) is 18.2 Å². The van der Waals surface area contributed by atoms with Gasteiger partial charge in [0.25, 0.3) is 0 Å². The van der Waals surface area contributed by atoms with E-state index in [0.29, 0.717) is 5.92 Å². The van der Waals surface area contributed by atoms with E-state index < -0.39 is 0 Å². The summed E-state index contributed by atoms with van der Waals surface area (Å²) in [5.74, 6) is 0.495. The van der Waals surface area contributed by atoms with Crippen LogP contribution in [-0.4, -0.2) is 11.5 Å². The van der Waals surface area contributed by atoms with Gasteiger partial charge in [-0.3, -0.25) is 0 Å². The first-order valence-corrected chi connectivity index (χ1v) is 6.17. The van der Waals surface area contributed by atoms with E-state index in [-0.39, 0.29) is 12.4 Å². The van der Waals surface area contributed by atoms with E-state index in [1.54, 1.807) is 0 Å². The minimum Gasteiger partial charge on any atom is -0.358 e. The predicted octanol–water partition coefficient (Wildman–Crippen LogP) is 3.62. The monoisotopic (exact) mass is 270 g/mol. The summed E-state index contributed by atoms with van der Waals surface area (Å²) in [5.41, 5.74) is 9.78. The van der Waals surface area contributed by atoms with E-state index in [1.165, 1.54) is 35.0 Å². The summed E-state index contributed by atoms with van der Waals surface area (Å²) < 4.78 is 0. The van der Waals surface area contributed by atoms with Gasteiger partial charge in [-0.05, 0) is 43.0 Å². The van der Waals surface area contributed by atoms with Crippen molar-refractivity contribution in [2.45, 2.75) is 25.2 Å². The molecule has 0 aliphatic heterocycles. The van der Waals surface area contributed by atoms with E-state index in [0.717, 1.165) is 18.0 Å². The van der Waals surface area contributed by atoms with Gasteiger partial charge in [-0.2, -0.15) is 0 Å². The van der Waals surface area contributed by atoms with E-state index in [1.807, 2.05) is 6.07 Å². The van der Waals surface area contributed by atoms with Gasteiger partial charge >= 0.3 is 0 Å². The third-order valence-corrected chi connectivity index (χ3v) is 3.81. The number of aromatic nitrogens is 1. The fourth-order valence-corrected chi connectivity index (χ4v) is 2.94. The first-order valence-electron chi connectivity index (χ1n) is 5.79. The van der Waals surface area contributed by atoms with Crippen LogP contribution in [0.25, 0.3) is 10.9 Å². The average Bonchev–Trinajstić information content (AvgIpc) is 2.67. The zero-order chi connectivity index (χ0) is 11.1. The maximum absolute atomic E-state index is 6.05. The van der Waals surface area contributed by atoms with E-state index >= 15 is 0 Å². The summed E-state index contributed by atoms with van der Waals surface area (Å²) in [6.45, 7) is 0.730. The van der Waals surface area contributed by atoms with Crippen molar-refractivity contribution in [1.29, 1.82) is 0 Å². The summed E-state index contributed by atoms with van der Waals surface area (Å²) >= 11 is 6.05. The molecule has 1 aromatic heterocycles. The Morgan fingerprint density at radius 1 is 1.41 bits per heavy atom. The maximum Gasteiger partial charge on any atom is 0.0460 e. The van der Waals surface area contributed by atoms with Gasteiger partial charge in [-0.25, -0.2) is 0 Å². The molecule has 2 nitrogen and oxygen atoms in total. The number of rotatable bonds is 1. The van der Waals surface area contributed by atoms with Crippen molar-refractivity contribution in [1.82, 2.24) is 4.98 Å². The van der Waals surface area contributed by atoms with Crippen molar-refractivity contribution in [3.63, 3.8) is 0 Å². The van der Waals surface area contributed by atoms with Crippen LogP contribution in [0, 0.1) is 0 Å². The number of hydrogen-bond donors (Lipinski definition) is 2. The first kappa shape index (κ1) is 12.7. The molecule has 1 aromatic carbocycles. The fraction of sp³-hybridized carbons (Fsp3) is 0.385. The molecule has 3 N–H and O–H groups in total. The predicted molar refractivity (Wildman–Crippen MR) is 75.3 cm³/mol. The lowest BCUT2D eigenvalue weighted by Gasteiger charge is -2.20. The molecule has 3 rings (SSSR count). The normalized spacial score (nSPS) is 18.8. The van der Waals surface area contributed by atoms with Crippen LogP contribution in [0.1, 0.15) is 30.0 Å². The van der Waals surface area contributed by atoms with Crippen molar-refractivity contribution in [2.24, 2.45) is 5.73 Å². The molecule has 1 aliphatic rings. The topological polar surface area (TPSA) is 41.8 Å². The van der Waals surface area contributed by atoms with Crippen LogP contribution < -0.4 is 5.73 Å². The summed E-state index contributed by atoms with van der Waals surface area (Å²) in [6.07, 6.45) is 3.57. The molecule has 0 saturated carbocycles. The van der Waals surface area contributed by atoms with Crippen molar-refractivity contribution >= 4 is 34.9 Å². The molecular formula is C13H16Cl2N2. The lowest BCUT2D eigenvalue weighted by molar-refractivity contribution is 0.553. The highest BCUT2D eigenvalue weighted by molar-refractivity contribution is 6.31. The highest BCUT2D eigenvalue weighted by Gasteiger charge is 2.22. The summed E-state index contributed by atoms with van der Waals surface area (Å²) in [6, 6.07) is 6.05. The lowest BCUT2D eigenvalue weighted by Crippen LogP contribution is -2.17. The molecule has 0 radical (unpaired) electrons. The Balaban J connectivity index is 0.00000108. The SMILES string of the molecule is Cl.NCC1CCCc2c1[nH]c1ccc(Cl)cc21. The molecule has 92 valence electrons. The molecule has 17 heavy (non-hydrogen) atoms. The molecular weight excluding hydrogens is 255 g/mol. The minimum absolute atomic E-state index is 0. The van der Waals surface area contributed by atoms with Gasteiger partial charge in [-0.1, -0.05) is 11.6 Å². The smallest absolute Gasteiger partial charge is 0.0460 e. The van der Waals surface area contributed by atoms with Crippen LogP contribution in [0.4, 0.5) is 0 Å². The Hall–Kier alpha value is -0.700. The number of aromatic amines is 1. The number of hydrogen-bond acceptors (Lipinski definition) is 1. The number of benzene rings is 1. The molecule has 1 atom stereocenters. The number of aryl methyl sites for hydroxylation is 1. The Bertz CT molecular complexity index is 533. The second-order valence-electron chi connectivity index (χ2n) is 4.53. The second-order valence-corrected chi connectivity index (χ2v) is 4.97. The van der Waals surface area contributed by atoms with Crippen molar-refractivity contribution in [3.05, 3.63) is 34.5 Å². The van der Waals surface area contributed by atoms with Gasteiger partial charge in [0.15, 0.2) is 0 Å². The standard InChI is InChI=1S/C13H15ClN2.ClH/c14-9-4-5-12-11(6-9)10-3-1-2-8(7-15)13(10)16-12;/h4-6,8,16H,1-3,7,15H2;1H. The number of halogens is 2. The first-order chi connectivity index (χ1) is 7.79. The quantitative estimate of drug-likeness (QED) is 0.817. The Morgan fingerprint density at radius 3 is 3.00 bits per heavy atom. The zero-order valence-corrected chi connectivity index (χ0v) is 11.1. The zero-order valence-electron chi connectivity index (χ0n) is 9.50. The number of nitrogens with two attached hydrogens (primary N) is 1. The van der Waals surface area contributed by atoms with Gasteiger partial charge in [0.2, 0.25) is 0 Å². The molecule has 0 saturated heterocycles. The van der Waals surface area contributed by atoms with Gasteiger partial charge in [0.05, 0.1) is 0 Å². The van der Waals surface area contributed by atoms with E-state index in [9.17, 15) is 0 Å². The van der Waals surface area contributed by atoms with Crippen molar-refractivity contribution < 1.29 is 0 Å². The Kier molecular flexibility index (Phi) is 3.67. The molecule has 1 unspecified atom stereocenters. The average molecular weight is 271 g/mol. The maximum atomic E-state index is 6.05. The summed E-state index contributed by atoms with van der Waals surface area (Å²) in [7, 11) is 0. The molecule has 0 spiro atoms. The van der Waals surface area contributed by atoms with Crippen molar-refractivity contribution in [2.75, 3.05) is 6.54 Å². The molecule has 1 aliphatic carbocycles. The number of fused-ring (bicyclic) bond motifs is 3. The summed E-state index contributed by atoms with van der Waals surface area (Å²) in [5, 5.41) is 2.09. The van der Waals surface area contributed by atoms with Crippen LogP contribution in [0.2, 0.25) is 5.02 Å². The second kappa shape index (κ2) is 4.89. The van der Waals surface area contributed by atoms with Gasteiger partial charge in [0.1, 0.15) is 0 Å². The van der Waals surface area contributed by atoms with E-state index in [2.05, 4.69) is 17.1 Å². The number of nitrogens with one attached hydrogen (secondary N) is 1. The molecule has 0 fully saturated rings. The molecule has 4 heteroatoms. The Labute approximate surface area is 112 Å². The van der Waals surface area contributed by atoms with Gasteiger partial charge in [0, 0.05) is 34.1 Å². The fourth-order valence-electron chi connectivity index (χ4n) is 2.76. The number of H-pyrrole nitrogens is 1. The largest absolute Gasteiger partial charge is 0.358 e. The summed E-state index contributed by atoms with van der Waals surface area (Å²) in [4.78, 5) is 3.51. The molecule has 2 aromatic rings. The lowest BCUT2D eigenvalue weighted by atomic mass is 9.87. The van der Waals surface area contributed by atoms with Gasteiger partial charge in [-0.15, -0.1) is 12.4 Å². The van der Waals surface area contributed by atoms with Crippen LogP contribution in [-0.2, 0) is 6.42 Å². The Morgan fingerprint density at radius 2 is 2.24 bits per heavy atom. The van der Waals surface area contributed by atoms with Crippen molar-refractivity contribution in [3.8, 4) is 0 Å². The molecule has 0 bridgehead atoms. The molecule has 1 heterocycles. The highest BCUT2D eigenvalue weighted by atomic mass is 35.5. The third-order valence-electron chi connectivity index (χ3n) is 3.57. The minimum atomic E-state index is 0. The van der Waals surface area contributed by atoms with E-state index in [4.69, 9.17) is 17.3 Å². The molecule has 0 amide bonds. The third kappa shape index (κ3) is 2.05. The van der Waals surface area contributed by atoms with Crippen LogP contribution >= 0.6 is 24.0 Å². The van der Waals surface area contributed by atoms with Crippen LogP contribution in [0.5, 0.6) is 0 Å². The van der Waals surface area contributed by atoms with Crippen LogP contribution in [0.3, 0.4) is 0 Å².